The Balaban J connectivity index is 1.85. The van der Waals surface area contributed by atoms with Crippen LogP contribution in [0.2, 0.25) is 5.28 Å². The van der Waals surface area contributed by atoms with Crippen LogP contribution in [0.25, 0.3) is 20.7 Å². The SMILES string of the molecule is Cc1cccc(C)c1Nc1nc(Cl)nc2sc(-c3ccccc3)cc12. The molecule has 3 nitrogen and oxygen atoms in total. The maximum absolute atomic E-state index is 6.17. The van der Waals surface area contributed by atoms with Gasteiger partial charge < -0.3 is 5.32 Å². The Morgan fingerprint density at radius 3 is 2.36 bits per heavy atom. The molecule has 1 N–H and O–H groups in total. The minimum absolute atomic E-state index is 0.252. The van der Waals surface area contributed by atoms with Gasteiger partial charge in [-0.2, -0.15) is 4.98 Å². The number of hydrogen-bond donors (Lipinski definition) is 1. The number of fused-ring (bicyclic) bond motifs is 1. The van der Waals surface area contributed by atoms with Crippen molar-refractivity contribution in [3.63, 3.8) is 0 Å². The molecule has 0 atom stereocenters. The molecule has 0 saturated heterocycles. The standard InChI is InChI=1S/C20H16ClN3S/c1-12-7-6-8-13(2)17(12)22-18-15-11-16(14-9-4-3-5-10-14)25-19(15)24-20(21)23-18/h3-11H,1-2H3,(H,22,23,24). The summed E-state index contributed by atoms with van der Waals surface area (Å²) in [4.78, 5) is 10.9. The third-order valence-electron chi connectivity index (χ3n) is 4.15. The lowest BCUT2D eigenvalue weighted by Gasteiger charge is -2.12. The van der Waals surface area contributed by atoms with Crippen molar-refractivity contribution in [3.05, 3.63) is 71.0 Å². The zero-order chi connectivity index (χ0) is 17.4. The summed E-state index contributed by atoms with van der Waals surface area (Å²) >= 11 is 7.79. The molecule has 0 unspecified atom stereocenters. The molecule has 25 heavy (non-hydrogen) atoms. The van der Waals surface area contributed by atoms with Crippen LogP contribution in [0.15, 0.2) is 54.6 Å². The molecule has 2 aromatic heterocycles. The number of benzene rings is 2. The first-order valence-electron chi connectivity index (χ1n) is 7.97. The number of aromatic nitrogens is 2. The van der Waals surface area contributed by atoms with Gasteiger partial charge in [0.25, 0.3) is 0 Å². The molecule has 0 aliphatic heterocycles. The van der Waals surface area contributed by atoms with Gasteiger partial charge in [-0.15, -0.1) is 11.3 Å². The summed E-state index contributed by atoms with van der Waals surface area (Å²) < 4.78 is 0. The zero-order valence-electron chi connectivity index (χ0n) is 13.9. The fraction of sp³-hybridized carbons (Fsp3) is 0.100. The van der Waals surface area contributed by atoms with Crippen molar-refractivity contribution in [3.8, 4) is 10.4 Å². The molecule has 0 spiro atoms. The molecule has 0 fully saturated rings. The van der Waals surface area contributed by atoms with Crippen molar-refractivity contribution in [1.82, 2.24) is 9.97 Å². The Kier molecular flexibility index (Phi) is 4.15. The molecule has 5 heteroatoms. The molecule has 0 aliphatic rings. The summed E-state index contributed by atoms with van der Waals surface area (Å²) in [6.45, 7) is 4.16. The van der Waals surface area contributed by atoms with E-state index < -0.39 is 0 Å². The van der Waals surface area contributed by atoms with E-state index in [4.69, 9.17) is 11.6 Å². The number of nitrogens with one attached hydrogen (secondary N) is 1. The Morgan fingerprint density at radius 2 is 1.64 bits per heavy atom. The second kappa shape index (κ2) is 6.47. The van der Waals surface area contributed by atoms with Gasteiger partial charge >= 0.3 is 0 Å². The van der Waals surface area contributed by atoms with E-state index in [1.54, 1.807) is 11.3 Å². The molecular formula is C20H16ClN3S. The summed E-state index contributed by atoms with van der Waals surface area (Å²) in [5.74, 6) is 0.742. The van der Waals surface area contributed by atoms with E-state index >= 15 is 0 Å². The van der Waals surface area contributed by atoms with Gasteiger partial charge in [0.05, 0.1) is 5.39 Å². The molecule has 2 heterocycles. The lowest BCUT2D eigenvalue weighted by Crippen LogP contribution is -1.99. The number of thiophene rings is 1. The van der Waals surface area contributed by atoms with Gasteiger partial charge in [-0.3, -0.25) is 0 Å². The van der Waals surface area contributed by atoms with Crippen LogP contribution in [0.5, 0.6) is 0 Å². The first-order valence-corrected chi connectivity index (χ1v) is 9.17. The van der Waals surface area contributed by atoms with E-state index in [0.717, 1.165) is 26.6 Å². The van der Waals surface area contributed by atoms with Crippen LogP contribution in [0, 0.1) is 13.8 Å². The number of aryl methyl sites for hydroxylation is 2. The van der Waals surface area contributed by atoms with Gasteiger partial charge in [-0.05, 0) is 48.2 Å². The van der Waals surface area contributed by atoms with Gasteiger partial charge in [0, 0.05) is 10.6 Å². The monoisotopic (exact) mass is 365 g/mol. The van der Waals surface area contributed by atoms with E-state index in [9.17, 15) is 0 Å². The third kappa shape index (κ3) is 3.11. The first-order chi connectivity index (χ1) is 12.1. The summed E-state index contributed by atoms with van der Waals surface area (Å²) in [7, 11) is 0. The fourth-order valence-electron chi connectivity index (χ4n) is 2.87. The van der Waals surface area contributed by atoms with Gasteiger partial charge in [-0.25, -0.2) is 4.98 Å². The number of rotatable bonds is 3. The Morgan fingerprint density at radius 1 is 0.920 bits per heavy atom. The van der Waals surface area contributed by atoms with E-state index in [1.165, 1.54) is 16.7 Å². The minimum atomic E-state index is 0.252. The first kappa shape index (κ1) is 16.1. The van der Waals surface area contributed by atoms with Crippen molar-refractivity contribution in [2.24, 2.45) is 0 Å². The summed E-state index contributed by atoms with van der Waals surface area (Å²) in [5, 5.41) is 4.70. The second-order valence-corrected chi connectivity index (χ2v) is 7.30. The zero-order valence-corrected chi connectivity index (χ0v) is 15.4. The highest BCUT2D eigenvalue weighted by Crippen LogP contribution is 2.37. The highest BCUT2D eigenvalue weighted by molar-refractivity contribution is 7.22. The highest BCUT2D eigenvalue weighted by atomic mass is 35.5. The Bertz CT molecular complexity index is 1040. The number of nitrogens with zero attached hydrogens (tertiary/aromatic N) is 2. The molecule has 0 radical (unpaired) electrons. The van der Waals surface area contributed by atoms with Gasteiger partial charge in [0.2, 0.25) is 5.28 Å². The molecule has 0 bridgehead atoms. The van der Waals surface area contributed by atoms with Crippen LogP contribution in [0.1, 0.15) is 11.1 Å². The second-order valence-electron chi connectivity index (χ2n) is 5.93. The molecular weight excluding hydrogens is 350 g/mol. The summed E-state index contributed by atoms with van der Waals surface area (Å²) in [5.41, 5.74) is 4.56. The number of hydrogen-bond acceptors (Lipinski definition) is 4. The van der Waals surface area contributed by atoms with Gasteiger partial charge in [0.1, 0.15) is 10.6 Å². The van der Waals surface area contributed by atoms with Crippen molar-refractivity contribution < 1.29 is 0 Å². The number of para-hydroxylation sites is 1. The van der Waals surface area contributed by atoms with Gasteiger partial charge in [0.15, 0.2) is 0 Å². The van der Waals surface area contributed by atoms with Crippen molar-refractivity contribution in [2.75, 3.05) is 5.32 Å². The van der Waals surface area contributed by atoms with Crippen LogP contribution < -0.4 is 5.32 Å². The van der Waals surface area contributed by atoms with E-state index in [2.05, 4.69) is 65.5 Å². The average Bonchev–Trinajstić information content (AvgIpc) is 3.03. The quantitative estimate of drug-likeness (QED) is 0.428. The van der Waals surface area contributed by atoms with E-state index in [1.807, 2.05) is 18.2 Å². The van der Waals surface area contributed by atoms with E-state index in [0.29, 0.717) is 0 Å². The average molecular weight is 366 g/mol. The highest BCUT2D eigenvalue weighted by Gasteiger charge is 2.14. The molecule has 4 rings (SSSR count). The Labute approximate surface area is 155 Å². The van der Waals surface area contributed by atoms with Crippen molar-refractivity contribution in [2.45, 2.75) is 13.8 Å². The van der Waals surface area contributed by atoms with Crippen LogP contribution in [-0.4, -0.2) is 9.97 Å². The summed E-state index contributed by atoms with van der Waals surface area (Å²) in [6.07, 6.45) is 0. The maximum atomic E-state index is 6.17. The fourth-order valence-corrected chi connectivity index (χ4v) is 4.12. The largest absolute Gasteiger partial charge is 0.339 e. The van der Waals surface area contributed by atoms with Crippen molar-refractivity contribution >= 4 is 44.7 Å². The maximum Gasteiger partial charge on any atom is 0.225 e. The molecule has 0 amide bonds. The lowest BCUT2D eigenvalue weighted by atomic mass is 10.1. The van der Waals surface area contributed by atoms with Crippen LogP contribution >= 0.6 is 22.9 Å². The predicted molar refractivity (Wildman–Crippen MR) is 107 cm³/mol. The van der Waals surface area contributed by atoms with Crippen LogP contribution in [0.3, 0.4) is 0 Å². The minimum Gasteiger partial charge on any atom is -0.339 e. The van der Waals surface area contributed by atoms with E-state index in [-0.39, 0.29) is 5.28 Å². The topological polar surface area (TPSA) is 37.8 Å². The molecule has 0 saturated carbocycles. The normalized spacial score (nSPS) is 11.0. The number of anilines is 2. The summed E-state index contributed by atoms with van der Waals surface area (Å²) in [6, 6.07) is 18.6. The predicted octanol–water partition coefficient (Wildman–Crippen LogP) is 6.37. The Hall–Kier alpha value is -2.43. The molecule has 2 aromatic carbocycles. The lowest BCUT2D eigenvalue weighted by molar-refractivity contribution is 1.22. The smallest absolute Gasteiger partial charge is 0.225 e. The van der Waals surface area contributed by atoms with Crippen LogP contribution in [-0.2, 0) is 0 Å². The van der Waals surface area contributed by atoms with Crippen molar-refractivity contribution in [1.29, 1.82) is 0 Å². The molecule has 124 valence electrons. The molecule has 4 aromatic rings. The van der Waals surface area contributed by atoms with Crippen LogP contribution in [0.4, 0.5) is 11.5 Å². The number of halogens is 1. The van der Waals surface area contributed by atoms with Gasteiger partial charge in [-0.1, -0.05) is 48.5 Å². The molecule has 0 aliphatic carbocycles. The third-order valence-corrected chi connectivity index (χ3v) is 5.40.